The molecule has 17 heavy (non-hydrogen) atoms. The Morgan fingerprint density at radius 1 is 1.47 bits per heavy atom. The highest BCUT2D eigenvalue weighted by Gasteiger charge is 2.16. The van der Waals surface area contributed by atoms with E-state index in [4.69, 9.17) is 11.6 Å². The number of anilines is 1. The van der Waals surface area contributed by atoms with Gasteiger partial charge in [0.25, 0.3) is 0 Å². The zero-order chi connectivity index (χ0) is 13.1. The first-order valence-corrected chi connectivity index (χ1v) is 8.15. The van der Waals surface area contributed by atoms with Crippen molar-refractivity contribution in [3.05, 3.63) is 28.2 Å². The van der Waals surface area contributed by atoms with Crippen LogP contribution in [0.2, 0.25) is 0 Å². The second-order valence-corrected chi connectivity index (χ2v) is 6.99. The van der Waals surface area contributed by atoms with E-state index in [1.165, 1.54) is 0 Å². The fourth-order valence-corrected chi connectivity index (χ4v) is 3.46. The summed E-state index contributed by atoms with van der Waals surface area (Å²) >= 11 is 8.98. The quantitative estimate of drug-likeness (QED) is 0.835. The minimum atomic E-state index is -3.34. The van der Waals surface area contributed by atoms with Crippen LogP contribution in [-0.2, 0) is 10.0 Å². The molecule has 1 aromatic rings. The average Bonchev–Trinajstić information content (AvgIpc) is 2.23. The number of hydrogen-bond acceptors (Lipinski definition) is 2. The Labute approximate surface area is 116 Å². The van der Waals surface area contributed by atoms with Gasteiger partial charge in [-0.3, -0.25) is 4.72 Å². The van der Waals surface area contributed by atoms with Crippen molar-refractivity contribution in [3.63, 3.8) is 0 Å². The van der Waals surface area contributed by atoms with Gasteiger partial charge in [-0.1, -0.05) is 28.9 Å². The number of benzene rings is 1. The van der Waals surface area contributed by atoms with Crippen LogP contribution in [0.3, 0.4) is 0 Å². The zero-order valence-corrected chi connectivity index (χ0v) is 12.9. The van der Waals surface area contributed by atoms with Crippen molar-refractivity contribution >= 4 is 43.2 Å². The number of halogens is 2. The first-order chi connectivity index (χ1) is 7.85. The molecule has 0 radical (unpaired) electrons. The van der Waals surface area contributed by atoms with Gasteiger partial charge in [-0.05, 0) is 30.5 Å². The third-order valence-corrected chi connectivity index (χ3v) is 5.23. The van der Waals surface area contributed by atoms with Gasteiger partial charge in [0, 0.05) is 10.4 Å². The van der Waals surface area contributed by atoms with E-state index in [0.717, 1.165) is 10.0 Å². The van der Waals surface area contributed by atoms with Gasteiger partial charge in [-0.25, -0.2) is 8.42 Å². The Balaban J connectivity index is 2.87. The van der Waals surface area contributed by atoms with Crippen LogP contribution < -0.4 is 4.72 Å². The number of sulfonamides is 1. The summed E-state index contributed by atoms with van der Waals surface area (Å²) in [5.41, 5.74) is 1.47. The molecule has 0 bridgehead atoms. The zero-order valence-electron chi connectivity index (χ0n) is 9.70. The number of alkyl halides is 1. The molecule has 0 amide bonds. The standard InChI is InChI=1S/C11H15BrClNO2S/c1-8(6-13)7-17(15,16)14-11-5-3-4-10(12)9(11)2/h3-5,8,14H,6-7H2,1-2H3. The SMILES string of the molecule is Cc1c(Br)cccc1NS(=O)(=O)CC(C)CCl. The van der Waals surface area contributed by atoms with Crippen LogP contribution in [0, 0.1) is 12.8 Å². The van der Waals surface area contributed by atoms with Crippen molar-refractivity contribution in [2.24, 2.45) is 5.92 Å². The van der Waals surface area contributed by atoms with E-state index in [-0.39, 0.29) is 11.7 Å². The van der Waals surface area contributed by atoms with Crippen LogP contribution >= 0.6 is 27.5 Å². The summed E-state index contributed by atoms with van der Waals surface area (Å²) in [6.45, 7) is 3.66. The van der Waals surface area contributed by atoms with Crippen molar-refractivity contribution in [1.82, 2.24) is 0 Å². The molecule has 0 aliphatic carbocycles. The summed E-state index contributed by atoms with van der Waals surface area (Å²) in [7, 11) is -3.34. The lowest BCUT2D eigenvalue weighted by molar-refractivity contribution is 0.588. The molecule has 0 aromatic heterocycles. The highest BCUT2D eigenvalue weighted by molar-refractivity contribution is 9.10. The van der Waals surface area contributed by atoms with E-state index < -0.39 is 10.0 Å². The normalized spacial score (nSPS) is 13.4. The van der Waals surface area contributed by atoms with Crippen LogP contribution in [0.15, 0.2) is 22.7 Å². The summed E-state index contributed by atoms with van der Waals surface area (Å²) in [5, 5.41) is 0. The molecule has 1 rings (SSSR count). The molecule has 1 N–H and O–H groups in total. The van der Waals surface area contributed by atoms with Crippen molar-refractivity contribution in [2.45, 2.75) is 13.8 Å². The van der Waals surface area contributed by atoms with E-state index in [2.05, 4.69) is 20.7 Å². The summed E-state index contributed by atoms with van der Waals surface area (Å²) in [6.07, 6.45) is 0. The summed E-state index contributed by atoms with van der Waals surface area (Å²) < 4.78 is 27.1. The van der Waals surface area contributed by atoms with Crippen LogP contribution in [0.5, 0.6) is 0 Å². The first kappa shape index (κ1) is 14.8. The molecule has 0 heterocycles. The second-order valence-electron chi connectivity index (χ2n) is 4.06. The Bertz CT molecular complexity index is 490. The highest BCUT2D eigenvalue weighted by atomic mass is 79.9. The molecular weight excluding hydrogens is 326 g/mol. The van der Waals surface area contributed by atoms with E-state index in [9.17, 15) is 8.42 Å². The molecule has 3 nitrogen and oxygen atoms in total. The van der Waals surface area contributed by atoms with Crippen LogP contribution in [0.1, 0.15) is 12.5 Å². The fourth-order valence-electron chi connectivity index (χ4n) is 1.35. The molecule has 0 saturated heterocycles. The lowest BCUT2D eigenvalue weighted by Crippen LogP contribution is -2.22. The first-order valence-electron chi connectivity index (χ1n) is 5.17. The summed E-state index contributed by atoms with van der Waals surface area (Å²) in [5.74, 6) is 0.294. The predicted octanol–water partition coefficient (Wildman–Crippen LogP) is 3.37. The van der Waals surface area contributed by atoms with E-state index in [1.807, 2.05) is 13.0 Å². The lowest BCUT2D eigenvalue weighted by atomic mass is 10.2. The van der Waals surface area contributed by atoms with Gasteiger partial charge in [-0.15, -0.1) is 11.6 Å². The smallest absolute Gasteiger partial charge is 0.233 e. The number of nitrogens with one attached hydrogen (secondary N) is 1. The maximum atomic E-state index is 11.8. The monoisotopic (exact) mass is 339 g/mol. The van der Waals surface area contributed by atoms with Crippen molar-refractivity contribution in [1.29, 1.82) is 0 Å². The largest absolute Gasteiger partial charge is 0.283 e. The van der Waals surface area contributed by atoms with Crippen LogP contribution in [0.25, 0.3) is 0 Å². The molecule has 6 heteroatoms. The summed E-state index contributed by atoms with van der Waals surface area (Å²) in [6, 6.07) is 5.40. The van der Waals surface area contributed by atoms with E-state index >= 15 is 0 Å². The third-order valence-electron chi connectivity index (χ3n) is 2.30. The van der Waals surface area contributed by atoms with Gasteiger partial charge in [0.15, 0.2) is 0 Å². The lowest BCUT2D eigenvalue weighted by Gasteiger charge is -2.13. The molecule has 0 fully saturated rings. The Morgan fingerprint density at radius 3 is 2.71 bits per heavy atom. The highest BCUT2D eigenvalue weighted by Crippen LogP contribution is 2.24. The van der Waals surface area contributed by atoms with Gasteiger partial charge in [0.2, 0.25) is 10.0 Å². The van der Waals surface area contributed by atoms with E-state index in [1.54, 1.807) is 19.1 Å². The van der Waals surface area contributed by atoms with Gasteiger partial charge < -0.3 is 0 Å². The summed E-state index contributed by atoms with van der Waals surface area (Å²) in [4.78, 5) is 0. The van der Waals surface area contributed by atoms with Gasteiger partial charge in [0.1, 0.15) is 0 Å². The molecule has 1 unspecified atom stereocenters. The van der Waals surface area contributed by atoms with Crippen LogP contribution in [0.4, 0.5) is 5.69 Å². The molecule has 96 valence electrons. The van der Waals surface area contributed by atoms with Gasteiger partial charge >= 0.3 is 0 Å². The predicted molar refractivity (Wildman–Crippen MR) is 76.2 cm³/mol. The number of hydrogen-bond donors (Lipinski definition) is 1. The van der Waals surface area contributed by atoms with Crippen molar-refractivity contribution in [3.8, 4) is 0 Å². The van der Waals surface area contributed by atoms with Crippen molar-refractivity contribution < 1.29 is 8.42 Å². The fraction of sp³-hybridized carbons (Fsp3) is 0.455. The molecule has 1 atom stereocenters. The minimum absolute atomic E-state index is 0.0302. The Hall–Kier alpha value is -0.260. The molecule has 0 aliphatic rings. The second kappa shape index (κ2) is 6.07. The maximum Gasteiger partial charge on any atom is 0.233 e. The molecule has 0 aliphatic heterocycles. The van der Waals surface area contributed by atoms with Gasteiger partial charge in [0.05, 0.1) is 11.4 Å². The molecule has 0 saturated carbocycles. The Morgan fingerprint density at radius 2 is 2.12 bits per heavy atom. The number of rotatable bonds is 5. The Kier molecular flexibility index (Phi) is 5.28. The maximum absolute atomic E-state index is 11.8. The topological polar surface area (TPSA) is 46.2 Å². The third kappa shape index (κ3) is 4.48. The molecular formula is C11H15BrClNO2S. The molecule has 0 spiro atoms. The van der Waals surface area contributed by atoms with Gasteiger partial charge in [-0.2, -0.15) is 0 Å². The van der Waals surface area contributed by atoms with Crippen LogP contribution in [-0.4, -0.2) is 20.1 Å². The van der Waals surface area contributed by atoms with Crippen molar-refractivity contribution in [2.75, 3.05) is 16.4 Å². The van der Waals surface area contributed by atoms with E-state index in [0.29, 0.717) is 11.6 Å². The average molecular weight is 341 g/mol. The minimum Gasteiger partial charge on any atom is -0.283 e. The molecule has 1 aromatic carbocycles.